The minimum atomic E-state index is -0.931. The van der Waals surface area contributed by atoms with E-state index in [2.05, 4.69) is 26.1 Å². The number of nitrogens with zero attached hydrogens (tertiary/aromatic N) is 5. The van der Waals surface area contributed by atoms with Crippen LogP contribution in [-0.2, 0) is 14.3 Å². The summed E-state index contributed by atoms with van der Waals surface area (Å²) in [5.74, 6) is 0.408. The standard InChI is InChI=1S/C34H53N9O4/c1-22-8-7-9-34(6,28(22)29(36)23(2)35)31(44)39-30(37)26-18-24(40-12-16-43(17-13-40)32(45)47-33(3,4)5)19-27(38-26)42-14-10-41(11-15-42)25-20-46-21-25/h18-19,25H,7-17,20-21,35-36H2,1-6H3,(H2,37,39,44)/b29-23-. The maximum Gasteiger partial charge on any atom is 0.410 e. The summed E-state index contributed by atoms with van der Waals surface area (Å²) in [4.78, 5) is 40.3. The lowest BCUT2D eigenvalue weighted by atomic mass is 9.69. The molecule has 0 aromatic carbocycles. The molecule has 4 aliphatic rings. The second kappa shape index (κ2) is 13.7. The number of amidine groups is 1. The van der Waals surface area contributed by atoms with Crippen molar-refractivity contribution in [3.63, 3.8) is 0 Å². The maximum atomic E-state index is 14.0. The van der Waals surface area contributed by atoms with Crippen LogP contribution in [0.15, 0.2) is 34.7 Å². The normalized spacial score (nSPS) is 23.7. The van der Waals surface area contributed by atoms with Gasteiger partial charge in [0.2, 0.25) is 5.91 Å². The lowest BCUT2D eigenvalue weighted by molar-refractivity contribution is -0.127. The highest BCUT2D eigenvalue weighted by molar-refractivity contribution is 6.08. The van der Waals surface area contributed by atoms with Crippen LogP contribution in [0.3, 0.4) is 0 Å². The predicted octanol–water partition coefficient (Wildman–Crippen LogP) is 2.76. The van der Waals surface area contributed by atoms with Crippen LogP contribution < -0.4 is 26.6 Å². The lowest BCUT2D eigenvalue weighted by Gasteiger charge is -2.43. The van der Waals surface area contributed by atoms with Crippen molar-refractivity contribution in [3.05, 3.63) is 40.4 Å². The van der Waals surface area contributed by atoms with Gasteiger partial charge in [-0.25, -0.2) is 9.78 Å². The third kappa shape index (κ3) is 7.67. The predicted molar refractivity (Wildman–Crippen MR) is 183 cm³/mol. The summed E-state index contributed by atoms with van der Waals surface area (Å²) in [6, 6.07) is 4.40. The minimum Gasteiger partial charge on any atom is -0.444 e. The molecule has 258 valence electrons. The first-order chi connectivity index (χ1) is 22.2. The van der Waals surface area contributed by atoms with Gasteiger partial charge in [0.1, 0.15) is 17.1 Å². The van der Waals surface area contributed by atoms with Gasteiger partial charge >= 0.3 is 6.09 Å². The molecule has 6 N–H and O–H groups in total. The number of anilines is 2. The number of rotatable bonds is 6. The second-order valence-electron chi connectivity index (χ2n) is 14.5. The monoisotopic (exact) mass is 651 g/mol. The van der Waals surface area contributed by atoms with Crippen LogP contribution in [0, 0.1) is 10.8 Å². The van der Waals surface area contributed by atoms with Gasteiger partial charge in [-0.3, -0.25) is 15.1 Å². The van der Waals surface area contributed by atoms with Crippen molar-refractivity contribution in [2.45, 2.75) is 72.4 Å². The van der Waals surface area contributed by atoms with E-state index in [-0.39, 0.29) is 17.8 Å². The minimum absolute atomic E-state index is 0.0634. The van der Waals surface area contributed by atoms with Gasteiger partial charge in [0.25, 0.3) is 0 Å². The highest BCUT2D eigenvalue weighted by Gasteiger charge is 2.42. The number of ether oxygens (including phenoxy) is 2. The second-order valence-corrected chi connectivity index (χ2v) is 14.5. The summed E-state index contributed by atoms with van der Waals surface area (Å²) in [5.41, 5.74) is 15.0. The van der Waals surface area contributed by atoms with Gasteiger partial charge < -0.3 is 41.0 Å². The summed E-state index contributed by atoms with van der Waals surface area (Å²) in [7, 11) is 0. The zero-order valence-electron chi connectivity index (χ0n) is 28.9. The number of carbonyl (C=O) groups excluding carboxylic acids is 2. The molecule has 0 bridgehead atoms. The van der Waals surface area contributed by atoms with Crippen LogP contribution in [0.25, 0.3) is 0 Å². The molecule has 3 aliphatic heterocycles. The first-order valence-electron chi connectivity index (χ1n) is 16.8. The van der Waals surface area contributed by atoms with Crippen molar-refractivity contribution < 1.29 is 19.1 Å². The Morgan fingerprint density at radius 3 is 2.26 bits per heavy atom. The van der Waals surface area contributed by atoms with Gasteiger partial charge in [0.05, 0.1) is 30.4 Å². The summed E-state index contributed by atoms with van der Waals surface area (Å²) in [5, 5.41) is 12.0. The van der Waals surface area contributed by atoms with Gasteiger partial charge in [-0.2, -0.15) is 0 Å². The van der Waals surface area contributed by atoms with Gasteiger partial charge in [-0.15, -0.1) is 0 Å². The van der Waals surface area contributed by atoms with Crippen LogP contribution in [0.5, 0.6) is 0 Å². The molecule has 0 saturated carbocycles. The molecule has 2 amide bonds. The SMILES string of the molecule is CC1=C(/C(N)=C(\C)N)C(C)(C(=O)NC(=N)c2cc(N3CCN(C(=O)OC(C)(C)C)CC3)cc(N3CCN(C4COC4)CC3)n2)CCC1. The van der Waals surface area contributed by atoms with E-state index in [0.717, 1.165) is 74.9 Å². The molecule has 1 aromatic heterocycles. The van der Waals surface area contributed by atoms with Gasteiger partial charge in [0, 0.05) is 69.8 Å². The first kappa shape index (κ1) is 34.5. The number of nitrogens with two attached hydrogens (primary N) is 2. The van der Waals surface area contributed by atoms with E-state index in [4.69, 9.17) is 31.3 Å². The molecule has 1 atom stereocenters. The number of allylic oxidation sites excluding steroid dienone is 3. The average molecular weight is 652 g/mol. The third-order valence-corrected chi connectivity index (χ3v) is 9.77. The molecular weight excluding hydrogens is 598 g/mol. The molecule has 1 aromatic rings. The topological polar surface area (TPSA) is 166 Å². The Balaban J connectivity index is 1.38. The van der Waals surface area contributed by atoms with E-state index in [1.807, 2.05) is 40.7 Å². The van der Waals surface area contributed by atoms with Gasteiger partial charge in [0.15, 0.2) is 5.84 Å². The smallest absolute Gasteiger partial charge is 0.410 e. The molecule has 3 saturated heterocycles. The number of pyridine rings is 1. The van der Waals surface area contributed by atoms with Crippen LogP contribution in [-0.4, -0.2) is 110 Å². The lowest BCUT2D eigenvalue weighted by Crippen LogP contribution is -2.56. The number of carbonyl (C=O) groups is 2. The largest absolute Gasteiger partial charge is 0.444 e. The molecule has 13 heteroatoms. The van der Waals surface area contributed by atoms with E-state index in [1.54, 1.807) is 11.8 Å². The van der Waals surface area contributed by atoms with Crippen LogP contribution >= 0.6 is 0 Å². The molecule has 5 rings (SSSR count). The molecular formula is C34H53N9O4. The molecule has 4 heterocycles. The molecule has 0 spiro atoms. The highest BCUT2D eigenvalue weighted by atomic mass is 16.6. The number of piperazine rings is 2. The Morgan fingerprint density at radius 2 is 1.68 bits per heavy atom. The van der Waals surface area contributed by atoms with Gasteiger partial charge in [-0.1, -0.05) is 5.57 Å². The zero-order chi connectivity index (χ0) is 34.1. The molecule has 3 fully saturated rings. The summed E-state index contributed by atoms with van der Waals surface area (Å²) >= 11 is 0. The van der Waals surface area contributed by atoms with Crippen LogP contribution in [0.4, 0.5) is 16.3 Å². The molecule has 1 aliphatic carbocycles. The van der Waals surface area contributed by atoms with Crippen molar-refractivity contribution in [1.29, 1.82) is 5.41 Å². The molecule has 13 nitrogen and oxygen atoms in total. The van der Waals surface area contributed by atoms with E-state index in [0.29, 0.717) is 55.7 Å². The maximum absolute atomic E-state index is 14.0. The van der Waals surface area contributed by atoms with Crippen molar-refractivity contribution in [3.8, 4) is 0 Å². The van der Waals surface area contributed by atoms with E-state index in [1.165, 1.54) is 0 Å². The van der Waals surface area contributed by atoms with Crippen LogP contribution in [0.1, 0.15) is 66.5 Å². The van der Waals surface area contributed by atoms with E-state index >= 15 is 0 Å². The Labute approximate surface area is 278 Å². The molecule has 47 heavy (non-hydrogen) atoms. The Kier molecular flexibility index (Phi) is 10.1. The molecule has 0 radical (unpaired) electrons. The number of amides is 2. The Bertz CT molecular complexity index is 1430. The number of hydrogen-bond donors (Lipinski definition) is 4. The van der Waals surface area contributed by atoms with Crippen molar-refractivity contribution in [2.75, 3.05) is 75.4 Å². The van der Waals surface area contributed by atoms with E-state index < -0.39 is 11.0 Å². The van der Waals surface area contributed by atoms with Crippen molar-refractivity contribution in [2.24, 2.45) is 16.9 Å². The third-order valence-electron chi connectivity index (χ3n) is 9.77. The van der Waals surface area contributed by atoms with Crippen molar-refractivity contribution >= 4 is 29.3 Å². The van der Waals surface area contributed by atoms with E-state index in [9.17, 15) is 9.59 Å². The fourth-order valence-electron chi connectivity index (χ4n) is 6.89. The van der Waals surface area contributed by atoms with Crippen molar-refractivity contribution in [1.82, 2.24) is 20.1 Å². The zero-order valence-corrected chi connectivity index (χ0v) is 28.9. The average Bonchev–Trinajstić information content (AvgIpc) is 2.99. The Morgan fingerprint density at radius 1 is 1.04 bits per heavy atom. The number of aromatic nitrogens is 1. The molecule has 1 unspecified atom stereocenters. The summed E-state index contributed by atoms with van der Waals surface area (Å²) in [6.07, 6.45) is 1.98. The van der Waals surface area contributed by atoms with Gasteiger partial charge in [-0.05, 0) is 72.4 Å². The fourth-order valence-corrected chi connectivity index (χ4v) is 6.89. The highest BCUT2D eigenvalue weighted by Crippen LogP contribution is 2.43. The number of nitrogens with one attached hydrogen (secondary N) is 2. The van der Waals surface area contributed by atoms with Crippen LogP contribution in [0.2, 0.25) is 0 Å². The summed E-state index contributed by atoms with van der Waals surface area (Å²) < 4.78 is 11.0. The fraction of sp³-hybridized carbons (Fsp3) is 0.647. The Hall–Kier alpha value is -3.84. The number of hydrogen-bond acceptors (Lipinski definition) is 11. The first-order valence-corrected chi connectivity index (χ1v) is 16.8. The quantitative estimate of drug-likeness (QED) is 0.265. The summed E-state index contributed by atoms with van der Waals surface area (Å²) in [6.45, 7) is 18.4.